The molecule has 0 fully saturated rings. The minimum atomic E-state index is -0.222. The molecule has 2 rings (SSSR count). The standard InChI is InChI=1S/C12H12N2O2S.C3H6/c1-8-2-4-9(5-3-8)10-6-12(16-14-10)13-11(15)7-17;1-3-2/h2-6,17H,7H2,1H3,(H,13,15);3H,1H2,2H3. The maximum absolute atomic E-state index is 11.1. The molecule has 0 aliphatic carbocycles. The number of hydrogen-bond acceptors (Lipinski definition) is 4. The van der Waals surface area contributed by atoms with Crippen LogP contribution in [0.2, 0.25) is 0 Å². The van der Waals surface area contributed by atoms with Gasteiger partial charge in [-0.3, -0.25) is 10.1 Å². The van der Waals surface area contributed by atoms with E-state index in [1.165, 1.54) is 5.56 Å². The van der Waals surface area contributed by atoms with Gasteiger partial charge in [0.25, 0.3) is 0 Å². The molecule has 0 atom stereocenters. The quantitative estimate of drug-likeness (QED) is 0.669. The Morgan fingerprint density at radius 3 is 2.60 bits per heavy atom. The van der Waals surface area contributed by atoms with Crippen molar-refractivity contribution in [3.8, 4) is 11.3 Å². The van der Waals surface area contributed by atoms with Gasteiger partial charge in [-0.2, -0.15) is 12.6 Å². The van der Waals surface area contributed by atoms with Gasteiger partial charge in [-0.05, 0) is 13.8 Å². The van der Waals surface area contributed by atoms with Crippen LogP contribution >= 0.6 is 12.6 Å². The summed E-state index contributed by atoms with van der Waals surface area (Å²) in [4.78, 5) is 11.1. The number of nitrogens with one attached hydrogen (secondary N) is 1. The molecule has 1 heterocycles. The number of amides is 1. The van der Waals surface area contributed by atoms with E-state index in [1.807, 2.05) is 38.1 Å². The second kappa shape index (κ2) is 8.22. The van der Waals surface area contributed by atoms with Crippen molar-refractivity contribution in [3.63, 3.8) is 0 Å². The first-order chi connectivity index (χ1) is 9.60. The molecular weight excluding hydrogens is 272 g/mol. The van der Waals surface area contributed by atoms with Gasteiger partial charge in [-0.1, -0.05) is 41.1 Å². The maximum Gasteiger partial charge on any atom is 0.236 e. The van der Waals surface area contributed by atoms with Gasteiger partial charge in [0.05, 0.1) is 5.75 Å². The largest absolute Gasteiger partial charge is 0.338 e. The van der Waals surface area contributed by atoms with Crippen LogP contribution in [-0.2, 0) is 4.79 Å². The third kappa shape index (κ3) is 4.93. The number of anilines is 1. The van der Waals surface area contributed by atoms with Crippen LogP contribution in [0.4, 0.5) is 5.88 Å². The summed E-state index contributed by atoms with van der Waals surface area (Å²) < 4.78 is 5.01. The van der Waals surface area contributed by atoms with Gasteiger partial charge in [-0.15, -0.1) is 6.58 Å². The van der Waals surface area contributed by atoms with Gasteiger partial charge in [0.1, 0.15) is 5.69 Å². The van der Waals surface area contributed by atoms with E-state index >= 15 is 0 Å². The number of aryl methyl sites for hydroxylation is 1. The van der Waals surface area contributed by atoms with Crippen molar-refractivity contribution in [3.05, 3.63) is 48.6 Å². The van der Waals surface area contributed by atoms with Crippen LogP contribution in [0.25, 0.3) is 11.3 Å². The fourth-order valence-electron chi connectivity index (χ4n) is 1.37. The van der Waals surface area contributed by atoms with Crippen LogP contribution in [0.5, 0.6) is 0 Å². The Morgan fingerprint density at radius 2 is 2.05 bits per heavy atom. The van der Waals surface area contributed by atoms with Crippen molar-refractivity contribution >= 4 is 24.4 Å². The molecule has 0 spiro atoms. The summed E-state index contributed by atoms with van der Waals surface area (Å²) in [6, 6.07) is 9.59. The van der Waals surface area contributed by atoms with E-state index in [2.05, 4.69) is 29.7 Å². The molecule has 2 aromatic rings. The molecule has 1 N–H and O–H groups in total. The number of allylic oxidation sites excluding steroid dienone is 1. The molecule has 106 valence electrons. The second-order valence-electron chi connectivity index (χ2n) is 4.06. The summed E-state index contributed by atoms with van der Waals surface area (Å²) >= 11 is 3.86. The lowest BCUT2D eigenvalue weighted by Crippen LogP contribution is -2.11. The molecule has 0 radical (unpaired) electrons. The smallest absolute Gasteiger partial charge is 0.236 e. The van der Waals surface area contributed by atoms with Crippen LogP contribution in [0, 0.1) is 6.92 Å². The van der Waals surface area contributed by atoms with Crippen molar-refractivity contribution in [1.82, 2.24) is 5.16 Å². The average Bonchev–Trinajstić information content (AvgIpc) is 2.89. The van der Waals surface area contributed by atoms with E-state index < -0.39 is 0 Å². The van der Waals surface area contributed by atoms with Gasteiger partial charge >= 0.3 is 0 Å². The topological polar surface area (TPSA) is 55.1 Å². The van der Waals surface area contributed by atoms with E-state index in [1.54, 1.807) is 12.1 Å². The van der Waals surface area contributed by atoms with E-state index in [0.717, 1.165) is 5.56 Å². The molecule has 0 unspecified atom stereocenters. The summed E-state index contributed by atoms with van der Waals surface area (Å²) in [6.45, 7) is 7.27. The molecule has 5 heteroatoms. The van der Waals surface area contributed by atoms with Gasteiger partial charge in [-0.25, -0.2) is 0 Å². The number of hydrogen-bond donors (Lipinski definition) is 2. The minimum absolute atomic E-state index is 0.112. The van der Waals surface area contributed by atoms with Crippen LogP contribution in [0.1, 0.15) is 12.5 Å². The number of carbonyl (C=O) groups excluding carboxylic acids is 1. The number of benzene rings is 1. The Labute approximate surface area is 124 Å². The molecule has 1 amide bonds. The van der Waals surface area contributed by atoms with Crippen LogP contribution < -0.4 is 5.32 Å². The normalized spacial score (nSPS) is 9.35. The molecule has 0 aliphatic rings. The van der Waals surface area contributed by atoms with Gasteiger partial charge < -0.3 is 4.52 Å². The van der Waals surface area contributed by atoms with Crippen molar-refractivity contribution < 1.29 is 9.32 Å². The molecule has 1 aromatic carbocycles. The third-order valence-electron chi connectivity index (χ3n) is 2.26. The van der Waals surface area contributed by atoms with E-state index in [0.29, 0.717) is 11.6 Å². The lowest BCUT2D eigenvalue weighted by molar-refractivity contribution is -0.113. The van der Waals surface area contributed by atoms with Crippen molar-refractivity contribution in [2.75, 3.05) is 11.1 Å². The number of carbonyl (C=O) groups is 1. The first-order valence-corrected chi connectivity index (χ1v) is 6.75. The fraction of sp³-hybridized carbons (Fsp3) is 0.200. The predicted molar refractivity (Wildman–Crippen MR) is 85.0 cm³/mol. The molecule has 1 aromatic heterocycles. The Kier molecular flexibility index (Phi) is 6.59. The Morgan fingerprint density at radius 1 is 1.45 bits per heavy atom. The molecule has 0 bridgehead atoms. The highest BCUT2D eigenvalue weighted by Crippen LogP contribution is 2.21. The first kappa shape index (κ1) is 16.0. The Balaban J connectivity index is 0.000000612. The maximum atomic E-state index is 11.1. The SMILES string of the molecule is C=CC.Cc1ccc(-c2cc(NC(=O)CS)on2)cc1. The zero-order valence-electron chi connectivity index (χ0n) is 11.6. The van der Waals surface area contributed by atoms with E-state index in [9.17, 15) is 4.79 Å². The molecule has 20 heavy (non-hydrogen) atoms. The monoisotopic (exact) mass is 290 g/mol. The van der Waals surface area contributed by atoms with Crippen LogP contribution in [0.3, 0.4) is 0 Å². The summed E-state index contributed by atoms with van der Waals surface area (Å²) in [7, 11) is 0. The average molecular weight is 290 g/mol. The fourth-order valence-corrected chi connectivity index (χ4v) is 1.45. The lowest BCUT2D eigenvalue weighted by Gasteiger charge is -1.95. The van der Waals surface area contributed by atoms with Crippen LogP contribution in [-0.4, -0.2) is 16.8 Å². The highest BCUT2D eigenvalue weighted by Gasteiger charge is 2.08. The zero-order valence-corrected chi connectivity index (χ0v) is 12.5. The summed E-state index contributed by atoms with van der Waals surface area (Å²) in [5.41, 5.74) is 2.83. The highest BCUT2D eigenvalue weighted by atomic mass is 32.1. The number of aromatic nitrogens is 1. The first-order valence-electron chi connectivity index (χ1n) is 6.12. The second-order valence-corrected chi connectivity index (χ2v) is 4.37. The van der Waals surface area contributed by atoms with Crippen molar-refractivity contribution in [2.45, 2.75) is 13.8 Å². The number of nitrogens with zero attached hydrogens (tertiary/aromatic N) is 1. The molecule has 0 saturated heterocycles. The van der Waals surface area contributed by atoms with Gasteiger partial charge in [0.15, 0.2) is 0 Å². The zero-order chi connectivity index (χ0) is 15.0. The molecule has 4 nitrogen and oxygen atoms in total. The summed E-state index contributed by atoms with van der Waals surface area (Å²) in [6.07, 6.45) is 1.75. The van der Waals surface area contributed by atoms with Gasteiger partial charge in [0.2, 0.25) is 11.8 Å². The number of rotatable bonds is 3. The third-order valence-corrected chi connectivity index (χ3v) is 2.55. The lowest BCUT2D eigenvalue weighted by atomic mass is 10.1. The van der Waals surface area contributed by atoms with E-state index in [4.69, 9.17) is 4.52 Å². The summed E-state index contributed by atoms with van der Waals surface area (Å²) in [5, 5.41) is 6.44. The predicted octanol–water partition coefficient (Wildman–Crippen LogP) is 3.71. The molecular formula is C15H18N2O2S. The highest BCUT2D eigenvalue weighted by molar-refractivity contribution is 7.81. The van der Waals surface area contributed by atoms with Crippen molar-refractivity contribution in [2.24, 2.45) is 0 Å². The number of thiol groups is 1. The van der Waals surface area contributed by atoms with E-state index in [-0.39, 0.29) is 11.7 Å². The molecule has 0 saturated carbocycles. The van der Waals surface area contributed by atoms with Crippen LogP contribution in [0.15, 0.2) is 47.5 Å². The molecule has 0 aliphatic heterocycles. The Hall–Kier alpha value is -2.01. The summed E-state index contributed by atoms with van der Waals surface area (Å²) in [5.74, 6) is 0.222. The van der Waals surface area contributed by atoms with Gasteiger partial charge in [0, 0.05) is 11.6 Å². The van der Waals surface area contributed by atoms with Crippen molar-refractivity contribution in [1.29, 1.82) is 0 Å². The minimum Gasteiger partial charge on any atom is -0.338 e. The Bertz CT molecular complexity index is 562.